The van der Waals surface area contributed by atoms with Crippen molar-refractivity contribution in [2.24, 2.45) is 0 Å². The minimum absolute atomic E-state index is 0.118. The molecule has 4 heteroatoms. The first-order chi connectivity index (χ1) is 15.7. The van der Waals surface area contributed by atoms with Crippen molar-refractivity contribution in [3.8, 4) is 0 Å². The third kappa shape index (κ3) is 8.25. The van der Waals surface area contributed by atoms with Crippen LogP contribution in [0.2, 0.25) is 0 Å². The van der Waals surface area contributed by atoms with Crippen molar-refractivity contribution >= 4 is 17.5 Å². The lowest BCUT2D eigenvalue weighted by molar-refractivity contribution is 0.0582. The van der Waals surface area contributed by atoms with Gasteiger partial charge in [0.2, 0.25) is 0 Å². The largest absolute Gasteiger partial charge is 0.443 e. The molecule has 0 fully saturated rings. The van der Waals surface area contributed by atoms with E-state index in [-0.39, 0.29) is 5.69 Å². The second-order valence-corrected chi connectivity index (χ2v) is 5.88. The molecule has 2 rings (SSSR count). The molecule has 0 radical (unpaired) electrons. The summed E-state index contributed by atoms with van der Waals surface area (Å²) < 4.78 is 78.4. The predicted molar refractivity (Wildman–Crippen MR) is 106 cm³/mol. The summed E-state index contributed by atoms with van der Waals surface area (Å²) in [4.78, 5) is 12.8. The van der Waals surface area contributed by atoms with Crippen LogP contribution in [0.3, 0.4) is 0 Å². The summed E-state index contributed by atoms with van der Waals surface area (Å²) in [6.07, 6.45) is -1.05. The van der Waals surface area contributed by atoms with Crippen molar-refractivity contribution in [3.05, 3.63) is 60.7 Å². The van der Waals surface area contributed by atoms with E-state index in [4.69, 9.17) is 18.4 Å². The van der Waals surface area contributed by atoms with Crippen molar-refractivity contribution in [3.63, 3.8) is 0 Å². The Balaban J connectivity index is 0.000000379. The Morgan fingerprint density at radius 2 is 1.68 bits per heavy atom. The zero-order chi connectivity index (χ0) is 27.3. The van der Waals surface area contributed by atoms with E-state index in [1.807, 2.05) is 0 Å². The summed E-state index contributed by atoms with van der Waals surface area (Å²) in [5.74, 6) is 0. The number of para-hydroxylation sites is 2. The van der Waals surface area contributed by atoms with E-state index < -0.39 is 38.4 Å². The topological polar surface area (TPSA) is 41.6 Å². The number of anilines is 2. The van der Waals surface area contributed by atoms with E-state index in [0.717, 1.165) is 0 Å². The number of carbonyl (C=O) groups excluding carboxylic acids is 1. The van der Waals surface area contributed by atoms with Crippen LogP contribution in [0.15, 0.2) is 60.7 Å². The molecule has 136 valence electrons. The molecule has 1 N–H and O–H groups in total. The second kappa shape index (κ2) is 10.4. The van der Waals surface area contributed by atoms with E-state index in [1.165, 1.54) is 12.1 Å². The highest BCUT2D eigenvalue weighted by Crippen LogP contribution is 2.17. The standard InChI is InChI=1S/C13H19NO2.C8H11N/c1-5-14(11-9-7-6-8-10-11)12(15)16-13(2,3)4;1-2-9-8-6-4-3-5-7-8/h6-10H,5H2,1-4H3;3-7,9H,2H2,1H3/i1D3,5D2;1D3,2D2. The maximum atomic E-state index is 12.3. The number of nitrogens with zero attached hydrogens (tertiary/aromatic N) is 1. The number of amides is 1. The molecular formula is C21H30N2O2. The molecule has 25 heavy (non-hydrogen) atoms. The minimum atomic E-state index is -3.01. The fraction of sp³-hybridized carbons (Fsp3) is 0.381. The molecule has 0 bridgehead atoms. The first-order valence-corrected chi connectivity index (χ1v) is 7.60. The summed E-state index contributed by atoms with van der Waals surface area (Å²) in [5.41, 5.74) is -0.295. The smallest absolute Gasteiger partial charge is 0.414 e. The first-order valence-electron chi connectivity index (χ1n) is 12.6. The van der Waals surface area contributed by atoms with E-state index in [9.17, 15) is 4.79 Å². The number of nitrogens with one attached hydrogen (secondary N) is 1. The summed E-state index contributed by atoms with van der Waals surface area (Å²) >= 11 is 0. The van der Waals surface area contributed by atoms with Gasteiger partial charge in [0.1, 0.15) is 5.60 Å². The molecule has 1 amide bonds. The molecule has 0 unspecified atom stereocenters. The predicted octanol–water partition coefficient (Wildman–Crippen LogP) is 5.57. The normalized spacial score (nSPS) is 18.4. The maximum Gasteiger partial charge on any atom is 0.414 e. The molecular weight excluding hydrogens is 312 g/mol. The van der Waals surface area contributed by atoms with Crippen molar-refractivity contribution < 1.29 is 23.2 Å². The van der Waals surface area contributed by atoms with Gasteiger partial charge in [-0.1, -0.05) is 36.4 Å². The molecule has 0 atom stereocenters. The Kier molecular flexibility index (Phi) is 4.10. The van der Waals surface area contributed by atoms with E-state index in [0.29, 0.717) is 10.6 Å². The van der Waals surface area contributed by atoms with E-state index in [1.54, 1.807) is 69.3 Å². The number of carbonyl (C=O) groups is 1. The molecule has 0 saturated carbocycles. The van der Waals surface area contributed by atoms with Gasteiger partial charge in [0, 0.05) is 38.1 Å². The summed E-state index contributed by atoms with van der Waals surface area (Å²) in [6, 6.07) is 16.2. The Labute approximate surface area is 165 Å². The molecule has 0 spiro atoms. The number of hydrogen-bond acceptors (Lipinski definition) is 3. The highest BCUT2D eigenvalue weighted by molar-refractivity contribution is 5.87. The third-order valence-corrected chi connectivity index (χ3v) is 2.68. The highest BCUT2D eigenvalue weighted by atomic mass is 16.6. The van der Waals surface area contributed by atoms with Gasteiger partial charge >= 0.3 is 6.09 Å². The van der Waals surface area contributed by atoms with Crippen LogP contribution in [0.25, 0.3) is 0 Å². The van der Waals surface area contributed by atoms with Crippen LogP contribution >= 0.6 is 0 Å². The number of ether oxygens (including phenoxy) is 1. The number of rotatable bonds is 4. The second-order valence-electron chi connectivity index (χ2n) is 5.88. The van der Waals surface area contributed by atoms with Gasteiger partial charge in [0.15, 0.2) is 0 Å². The molecule has 2 aromatic rings. The van der Waals surface area contributed by atoms with Gasteiger partial charge in [-0.25, -0.2) is 4.79 Å². The molecule has 0 aromatic heterocycles. The molecule has 0 aliphatic rings. The van der Waals surface area contributed by atoms with Gasteiger partial charge in [-0.3, -0.25) is 4.90 Å². The van der Waals surface area contributed by atoms with E-state index >= 15 is 0 Å². The van der Waals surface area contributed by atoms with Gasteiger partial charge in [-0.05, 0) is 58.7 Å². The minimum Gasteiger partial charge on any atom is -0.443 e. The first kappa shape index (κ1) is 9.85. The highest BCUT2D eigenvalue weighted by Gasteiger charge is 2.21. The Morgan fingerprint density at radius 1 is 1.08 bits per heavy atom. The Bertz CT molecular complexity index is 941. The third-order valence-electron chi connectivity index (χ3n) is 2.68. The molecule has 0 aliphatic carbocycles. The molecule has 4 nitrogen and oxygen atoms in total. The quantitative estimate of drug-likeness (QED) is 0.782. The fourth-order valence-electron chi connectivity index (χ4n) is 1.69. The van der Waals surface area contributed by atoms with Crippen molar-refractivity contribution in [1.82, 2.24) is 0 Å². The summed E-state index contributed by atoms with van der Waals surface area (Å²) in [6.45, 7) is -6.12. The Hall–Kier alpha value is -2.49. The average Bonchev–Trinajstić information content (AvgIpc) is 2.66. The SMILES string of the molecule is [2H]C([2H])([2H])C([2H])([2H])N(C(=O)OC(C)(C)C)c1ccccc1.[2H]C([2H])([2H])C([2H])([2H])Nc1ccccc1. The number of hydrogen-bond donors (Lipinski definition) is 1. The van der Waals surface area contributed by atoms with Crippen molar-refractivity contribution in [1.29, 1.82) is 0 Å². The molecule has 0 aliphatic heterocycles. The van der Waals surface area contributed by atoms with Crippen LogP contribution in [0.4, 0.5) is 16.2 Å². The van der Waals surface area contributed by atoms with Gasteiger partial charge in [-0.2, -0.15) is 0 Å². The average molecular weight is 353 g/mol. The molecule has 0 saturated heterocycles. The van der Waals surface area contributed by atoms with Gasteiger partial charge < -0.3 is 10.1 Å². The van der Waals surface area contributed by atoms with Gasteiger partial charge in [0.05, 0.1) is 0 Å². The molecule has 0 heterocycles. The lowest BCUT2D eigenvalue weighted by atomic mass is 10.2. The van der Waals surface area contributed by atoms with Crippen molar-refractivity contribution in [2.45, 2.75) is 40.1 Å². The van der Waals surface area contributed by atoms with Gasteiger partial charge in [0.25, 0.3) is 0 Å². The fourth-order valence-corrected chi connectivity index (χ4v) is 1.69. The van der Waals surface area contributed by atoms with Gasteiger partial charge in [-0.15, -0.1) is 0 Å². The number of benzene rings is 2. The van der Waals surface area contributed by atoms with Crippen LogP contribution in [0.1, 0.15) is 48.2 Å². The Morgan fingerprint density at radius 3 is 2.20 bits per heavy atom. The van der Waals surface area contributed by atoms with Crippen LogP contribution in [-0.2, 0) is 4.74 Å². The molecule has 2 aromatic carbocycles. The lowest BCUT2D eigenvalue weighted by Gasteiger charge is -2.26. The summed E-state index contributed by atoms with van der Waals surface area (Å²) in [5, 5.41) is 2.33. The maximum absolute atomic E-state index is 12.3. The van der Waals surface area contributed by atoms with Crippen LogP contribution in [0, 0.1) is 0 Å². The van der Waals surface area contributed by atoms with Crippen LogP contribution < -0.4 is 10.2 Å². The lowest BCUT2D eigenvalue weighted by Crippen LogP contribution is -2.36. The van der Waals surface area contributed by atoms with E-state index in [2.05, 4.69) is 5.32 Å². The zero-order valence-corrected chi connectivity index (χ0v) is 14.5. The van der Waals surface area contributed by atoms with Crippen LogP contribution in [-0.4, -0.2) is 24.7 Å². The zero-order valence-electron chi connectivity index (χ0n) is 24.5. The van der Waals surface area contributed by atoms with Crippen LogP contribution in [0.5, 0.6) is 0 Å². The van der Waals surface area contributed by atoms with Crippen molar-refractivity contribution in [2.75, 3.05) is 23.2 Å². The summed E-state index contributed by atoms with van der Waals surface area (Å²) in [7, 11) is 0. The monoisotopic (exact) mass is 352 g/mol.